The van der Waals surface area contributed by atoms with E-state index in [-0.39, 0.29) is 5.78 Å². The van der Waals surface area contributed by atoms with Gasteiger partial charge in [-0.2, -0.15) is 0 Å². The Morgan fingerprint density at radius 3 is 2.93 bits per heavy atom. The number of hydrogen-bond donors (Lipinski definition) is 0. The maximum absolute atomic E-state index is 11.5. The highest BCUT2D eigenvalue weighted by Crippen LogP contribution is 2.19. The average molecular weight is 185 g/mol. The van der Waals surface area contributed by atoms with Gasteiger partial charge in [-0.1, -0.05) is 18.7 Å². The molecule has 0 aliphatic carbocycles. The second kappa shape index (κ2) is 3.14. The van der Waals surface area contributed by atoms with Crippen molar-refractivity contribution in [1.82, 2.24) is 4.57 Å². The molecule has 1 aromatic carbocycles. The maximum atomic E-state index is 11.5. The summed E-state index contributed by atoms with van der Waals surface area (Å²) < 4.78 is 2.00. The van der Waals surface area contributed by atoms with Gasteiger partial charge in [0.1, 0.15) is 0 Å². The van der Waals surface area contributed by atoms with Crippen LogP contribution in [0, 0.1) is 0 Å². The van der Waals surface area contributed by atoms with Crippen molar-refractivity contribution in [3.8, 4) is 0 Å². The van der Waals surface area contributed by atoms with Gasteiger partial charge in [0.2, 0.25) is 0 Å². The Labute approximate surface area is 82.5 Å². The van der Waals surface area contributed by atoms with Crippen LogP contribution in [0.25, 0.3) is 10.9 Å². The summed E-state index contributed by atoms with van der Waals surface area (Å²) in [4.78, 5) is 11.5. The minimum absolute atomic E-state index is 0.0261. The molecular formula is C12H11NO. The smallest absolute Gasteiger partial charge is 0.185 e. The van der Waals surface area contributed by atoms with Gasteiger partial charge in [-0.05, 0) is 18.2 Å². The number of ketones is 1. The summed E-state index contributed by atoms with van der Waals surface area (Å²) >= 11 is 0. The monoisotopic (exact) mass is 185 g/mol. The lowest BCUT2D eigenvalue weighted by molar-refractivity contribution is 0.104. The summed E-state index contributed by atoms with van der Waals surface area (Å²) in [6, 6.07) is 7.66. The number of carbonyl (C=O) groups excluding carboxylic acids is 1. The van der Waals surface area contributed by atoms with Crippen molar-refractivity contribution < 1.29 is 4.79 Å². The second-order valence-corrected chi connectivity index (χ2v) is 3.23. The fourth-order valence-corrected chi connectivity index (χ4v) is 1.63. The number of rotatable bonds is 2. The van der Waals surface area contributed by atoms with Crippen LogP contribution >= 0.6 is 0 Å². The Balaban J connectivity index is 2.77. The summed E-state index contributed by atoms with van der Waals surface area (Å²) in [5, 5.41) is 0.986. The number of benzene rings is 1. The van der Waals surface area contributed by atoms with Crippen LogP contribution in [0.1, 0.15) is 10.4 Å². The van der Waals surface area contributed by atoms with Crippen LogP contribution in [-0.4, -0.2) is 10.4 Å². The lowest BCUT2D eigenvalue weighted by Crippen LogP contribution is -1.94. The summed E-state index contributed by atoms with van der Waals surface area (Å²) in [5.41, 5.74) is 1.79. The van der Waals surface area contributed by atoms with E-state index in [1.807, 2.05) is 42.1 Å². The molecule has 0 fully saturated rings. The minimum Gasteiger partial charge on any atom is -0.351 e. The van der Waals surface area contributed by atoms with Crippen LogP contribution in [0.4, 0.5) is 0 Å². The van der Waals surface area contributed by atoms with E-state index in [0.29, 0.717) is 0 Å². The molecule has 2 heteroatoms. The molecule has 0 aliphatic heterocycles. The maximum Gasteiger partial charge on any atom is 0.185 e. The van der Waals surface area contributed by atoms with Crippen LogP contribution in [0.5, 0.6) is 0 Å². The van der Waals surface area contributed by atoms with Crippen LogP contribution in [0.3, 0.4) is 0 Å². The van der Waals surface area contributed by atoms with Crippen LogP contribution < -0.4 is 0 Å². The van der Waals surface area contributed by atoms with Crippen molar-refractivity contribution in [2.45, 2.75) is 0 Å². The highest BCUT2D eigenvalue weighted by Gasteiger charge is 2.07. The van der Waals surface area contributed by atoms with Crippen molar-refractivity contribution in [2.75, 3.05) is 0 Å². The first kappa shape index (κ1) is 8.75. The van der Waals surface area contributed by atoms with E-state index in [9.17, 15) is 4.79 Å². The van der Waals surface area contributed by atoms with Gasteiger partial charge >= 0.3 is 0 Å². The third kappa shape index (κ3) is 1.16. The van der Waals surface area contributed by atoms with Crippen LogP contribution in [0.15, 0.2) is 43.1 Å². The Bertz CT molecular complexity index is 508. The third-order valence-electron chi connectivity index (χ3n) is 2.38. The predicted octanol–water partition coefficient (Wildman–Crippen LogP) is 2.55. The fraction of sp³-hybridized carbons (Fsp3) is 0.0833. The van der Waals surface area contributed by atoms with E-state index in [2.05, 4.69) is 6.58 Å². The molecule has 0 amide bonds. The number of fused-ring (bicyclic) bond motifs is 1. The number of aromatic nitrogens is 1. The minimum atomic E-state index is -0.0261. The first-order chi connectivity index (χ1) is 6.74. The first-order valence-electron chi connectivity index (χ1n) is 4.45. The number of hydrogen-bond acceptors (Lipinski definition) is 1. The molecule has 0 unspecified atom stereocenters. The van der Waals surface area contributed by atoms with E-state index in [4.69, 9.17) is 0 Å². The number of aryl methyl sites for hydroxylation is 1. The Hall–Kier alpha value is -1.83. The average Bonchev–Trinajstić information content (AvgIpc) is 2.59. The highest BCUT2D eigenvalue weighted by atomic mass is 16.1. The Morgan fingerprint density at radius 1 is 1.43 bits per heavy atom. The van der Waals surface area contributed by atoms with Gasteiger partial charge in [-0.3, -0.25) is 4.79 Å². The predicted molar refractivity (Wildman–Crippen MR) is 57.4 cm³/mol. The van der Waals surface area contributed by atoms with Crippen molar-refractivity contribution in [3.05, 3.63) is 48.7 Å². The summed E-state index contributed by atoms with van der Waals surface area (Å²) in [6.07, 6.45) is 3.30. The highest BCUT2D eigenvalue weighted by molar-refractivity contribution is 6.12. The molecule has 0 N–H and O–H groups in total. The van der Waals surface area contributed by atoms with Gasteiger partial charge in [-0.25, -0.2) is 0 Å². The zero-order chi connectivity index (χ0) is 10.1. The van der Waals surface area contributed by atoms with Gasteiger partial charge in [0.25, 0.3) is 0 Å². The lowest BCUT2D eigenvalue weighted by atomic mass is 10.1. The van der Waals surface area contributed by atoms with Crippen molar-refractivity contribution >= 4 is 16.7 Å². The van der Waals surface area contributed by atoms with Crippen molar-refractivity contribution in [3.63, 3.8) is 0 Å². The Morgan fingerprint density at radius 2 is 2.21 bits per heavy atom. The second-order valence-electron chi connectivity index (χ2n) is 3.23. The SMILES string of the molecule is C=CC(=O)c1cccc2c1ccn2C. The molecule has 0 bridgehead atoms. The summed E-state index contributed by atoms with van der Waals surface area (Å²) in [6.45, 7) is 3.49. The molecule has 14 heavy (non-hydrogen) atoms. The van der Waals surface area contributed by atoms with Crippen LogP contribution in [0.2, 0.25) is 0 Å². The van der Waals surface area contributed by atoms with Gasteiger partial charge in [0.15, 0.2) is 5.78 Å². The van der Waals surface area contributed by atoms with E-state index < -0.39 is 0 Å². The van der Waals surface area contributed by atoms with E-state index in [1.54, 1.807) is 0 Å². The van der Waals surface area contributed by atoms with Gasteiger partial charge in [0, 0.05) is 29.7 Å². The quantitative estimate of drug-likeness (QED) is 0.520. The largest absolute Gasteiger partial charge is 0.351 e. The molecular weight excluding hydrogens is 174 g/mol. The molecule has 0 atom stereocenters. The summed E-state index contributed by atoms with van der Waals surface area (Å²) in [5.74, 6) is -0.0261. The molecule has 2 rings (SSSR count). The van der Waals surface area contributed by atoms with E-state index in [1.165, 1.54) is 6.08 Å². The Kier molecular flexibility index (Phi) is 1.97. The van der Waals surface area contributed by atoms with Crippen molar-refractivity contribution in [2.24, 2.45) is 7.05 Å². The van der Waals surface area contributed by atoms with Gasteiger partial charge < -0.3 is 4.57 Å². The topological polar surface area (TPSA) is 22.0 Å². The normalized spacial score (nSPS) is 10.4. The fourth-order valence-electron chi connectivity index (χ4n) is 1.63. The molecule has 0 radical (unpaired) electrons. The third-order valence-corrected chi connectivity index (χ3v) is 2.38. The molecule has 2 aromatic rings. The molecule has 2 nitrogen and oxygen atoms in total. The molecule has 70 valence electrons. The van der Waals surface area contributed by atoms with Gasteiger partial charge in [0.05, 0.1) is 0 Å². The zero-order valence-electron chi connectivity index (χ0n) is 8.03. The summed E-state index contributed by atoms with van der Waals surface area (Å²) in [7, 11) is 1.96. The number of carbonyl (C=O) groups is 1. The lowest BCUT2D eigenvalue weighted by Gasteiger charge is -1.99. The van der Waals surface area contributed by atoms with E-state index in [0.717, 1.165) is 16.5 Å². The molecule has 0 spiro atoms. The van der Waals surface area contributed by atoms with Crippen molar-refractivity contribution in [1.29, 1.82) is 0 Å². The molecule has 1 aromatic heterocycles. The standard InChI is InChI=1S/C12H11NO/c1-3-12(14)10-5-4-6-11-9(10)7-8-13(11)2/h3-8H,1H2,2H3. The first-order valence-corrected chi connectivity index (χ1v) is 4.45. The van der Waals surface area contributed by atoms with Gasteiger partial charge in [-0.15, -0.1) is 0 Å². The molecule has 0 saturated carbocycles. The van der Waals surface area contributed by atoms with E-state index >= 15 is 0 Å². The number of allylic oxidation sites excluding steroid dienone is 1. The van der Waals surface area contributed by atoms with Crippen LogP contribution in [-0.2, 0) is 7.05 Å². The zero-order valence-corrected chi connectivity index (χ0v) is 8.03. The number of nitrogens with zero attached hydrogens (tertiary/aromatic N) is 1. The molecule has 1 heterocycles. The molecule has 0 saturated heterocycles. The molecule has 0 aliphatic rings.